The van der Waals surface area contributed by atoms with Crippen LogP contribution in [0.15, 0.2) is 55.0 Å². The molecule has 1 aromatic carbocycles. The second-order valence-electron chi connectivity index (χ2n) is 4.74. The lowest BCUT2D eigenvalue weighted by molar-refractivity contribution is 0.344. The van der Waals surface area contributed by atoms with Crippen molar-refractivity contribution >= 4 is 10.9 Å². The lowest BCUT2D eigenvalue weighted by Crippen LogP contribution is -2.00. The number of ether oxygens (including phenoxy) is 1. The van der Waals surface area contributed by atoms with E-state index in [4.69, 9.17) is 4.74 Å². The predicted molar refractivity (Wildman–Crippen MR) is 81.0 cm³/mol. The van der Waals surface area contributed by atoms with Crippen LogP contribution in [0.4, 0.5) is 0 Å². The lowest BCUT2D eigenvalue weighted by atomic mass is 10.2. The maximum Gasteiger partial charge on any atom is 0.128 e. The van der Waals surface area contributed by atoms with Crippen molar-refractivity contribution in [2.75, 3.05) is 6.61 Å². The number of nitrogens with zero attached hydrogens (tertiary/aromatic N) is 2. The Kier molecular flexibility index (Phi) is 3.68. The third-order valence-corrected chi connectivity index (χ3v) is 3.46. The maximum atomic E-state index is 5.67. The van der Waals surface area contributed by atoms with Crippen molar-refractivity contribution in [3.63, 3.8) is 0 Å². The molecule has 3 nitrogen and oxygen atoms in total. The zero-order valence-electron chi connectivity index (χ0n) is 11.6. The smallest absolute Gasteiger partial charge is 0.128 e. The van der Waals surface area contributed by atoms with Gasteiger partial charge in [0.1, 0.15) is 5.75 Å². The first-order valence-corrected chi connectivity index (χ1v) is 6.98. The Morgan fingerprint density at radius 3 is 2.75 bits per heavy atom. The van der Waals surface area contributed by atoms with E-state index in [1.807, 2.05) is 25.4 Å². The topological polar surface area (TPSA) is 27.1 Å². The van der Waals surface area contributed by atoms with E-state index in [2.05, 4.69) is 46.1 Å². The highest BCUT2D eigenvalue weighted by atomic mass is 16.5. The van der Waals surface area contributed by atoms with Crippen molar-refractivity contribution in [3.05, 3.63) is 60.6 Å². The van der Waals surface area contributed by atoms with Crippen LogP contribution in [0, 0.1) is 0 Å². The summed E-state index contributed by atoms with van der Waals surface area (Å²) in [5.74, 6) is 0.965. The Morgan fingerprint density at radius 1 is 1.10 bits per heavy atom. The van der Waals surface area contributed by atoms with E-state index in [0.29, 0.717) is 6.61 Å². The molecule has 0 atom stereocenters. The van der Waals surface area contributed by atoms with Crippen molar-refractivity contribution in [2.45, 2.75) is 19.9 Å². The first-order valence-electron chi connectivity index (χ1n) is 6.98. The second-order valence-corrected chi connectivity index (χ2v) is 4.74. The van der Waals surface area contributed by atoms with E-state index in [0.717, 1.165) is 18.7 Å². The molecule has 0 unspecified atom stereocenters. The molecule has 102 valence electrons. The van der Waals surface area contributed by atoms with Crippen LogP contribution in [0.2, 0.25) is 0 Å². The van der Waals surface area contributed by atoms with Crippen molar-refractivity contribution in [3.8, 4) is 5.75 Å². The molecule has 0 aliphatic carbocycles. The highest BCUT2D eigenvalue weighted by Crippen LogP contribution is 2.26. The summed E-state index contributed by atoms with van der Waals surface area (Å²) in [7, 11) is 0. The Hall–Kier alpha value is -2.29. The summed E-state index contributed by atoms with van der Waals surface area (Å²) in [6.45, 7) is 3.67. The number of hydrogen-bond acceptors (Lipinski definition) is 2. The third kappa shape index (κ3) is 2.52. The summed E-state index contributed by atoms with van der Waals surface area (Å²) < 4.78 is 7.95. The summed E-state index contributed by atoms with van der Waals surface area (Å²) in [5.41, 5.74) is 2.54. The molecule has 0 radical (unpaired) electrons. The number of aromatic nitrogens is 2. The van der Waals surface area contributed by atoms with Crippen LogP contribution >= 0.6 is 0 Å². The van der Waals surface area contributed by atoms with Gasteiger partial charge in [0.15, 0.2) is 0 Å². The van der Waals surface area contributed by atoms with Gasteiger partial charge >= 0.3 is 0 Å². The average Bonchev–Trinajstić information content (AvgIpc) is 2.91. The molecule has 2 aromatic heterocycles. The second kappa shape index (κ2) is 5.78. The van der Waals surface area contributed by atoms with Gasteiger partial charge in [-0.3, -0.25) is 4.98 Å². The molecule has 3 rings (SSSR count). The van der Waals surface area contributed by atoms with E-state index in [9.17, 15) is 0 Å². The minimum atomic E-state index is 0.696. The Labute approximate surface area is 118 Å². The van der Waals surface area contributed by atoms with Crippen molar-refractivity contribution < 1.29 is 4.74 Å². The van der Waals surface area contributed by atoms with Crippen molar-refractivity contribution in [1.82, 2.24) is 9.55 Å². The molecule has 0 aliphatic rings. The quantitative estimate of drug-likeness (QED) is 0.704. The summed E-state index contributed by atoms with van der Waals surface area (Å²) in [6, 6.07) is 12.5. The molecule has 0 N–H and O–H groups in total. The normalized spacial score (nSPS) is 10.8. The lowest BCUT2D eigenvalue weighted by Gasteiger charge is -2.08. The van der Waals surface area contributed by atoms with Crippen LogP contribution in [0.3, 0.4) is 0 Å². The molecule has 0 saturated carbocycles. The van der Waals surface area contributed by atoms with E-state index in [-0.39, 0.29) is 0 Å². The molecule has 0 fully saturated rings. The van der Waals surface area contributed by atoms with Gasteiger partial charge in [0, 0.05) is 30.5 Å². The monoisotopic (exact) mass is 266 g/mol. The van der Waals surface area contributed by atoms with Gasteiger partial charge in [-0.15, -0.1) is 0 Å². The first kappa shape index (κ1) is 12.7. The largest absolute Gasteiger partial charge is 0.493 e. The summed E-state index contributed by atoms with van der Waals surface area (Å²) in [6.07, 6.45) is 6.83. The molecule has 3 heteroatoms. The summed E-state index contributed by atoms with van der Waals surface area (Å²) >= 11 is 0. The Morgan fingerprint density at radius 2 is 1.95 bits per heavy atom. The SMILES string of the molecule is CCOc1cccc2c1ccn2CCc1ccncc1. The Balaban J connectivity index is 1.84. The van der Waals surface area contributed by atoms with Crippen LogP contribution in [0.25, 0.3) is 10.9 Å². The van der Waals surface area contributed by atoms with Gasteiger partial charge in [0.05, 0.1) is 12.1 Å². The zero-order valence-corrected chi connectivity index (χ0v) is 11.6. The van der Waals surface area contributed by atoms with E-state index in [1.54, 1.807) is 0 Å². The number of rotatable bonds is 5. The van der Waals surface area contributed by atoms with Gasteiger partial charge in [-0.25, -0.2) is 0 Å². The molecule has 20 heavy (non-hydrogen) atoms. The molecule has 0 aliphatic heterocycles. The predicted octanol–water partition coefficient (Wildman–Crippen LogP) is 3.68. The standard InChI is InChI=1S/C17H18N2O/c1-2-20-17-5-3-4-16-15(17)9-13-19(16)12-8-14-6-10-18-11-7-14/h3-7,9-11,13H,2,8,12H2,1H3. The number of pyridine rings is 1. The van der Waals surface area contributed by atoms with Crippen LogP contribution in [-0.2, 0) is 13.0 Å². The number of fused-ring (bicyclic) bond motifs is 1. The maximum absolute atomic E-state index is 5.67. The number of aryl methyl sites for hydroxylation is 2. The van der Waals surface area contributed by atoms with Gasteiger partial charge in [-0.1, -0.05) is 6.07 Å². The van der Waals surface area contributed by atoms with Crippen LogP contribution < -0.4 is 4.74 Å². The Bertz CT molecular complexity index is 689. The van der Waals surface area contributed by atoms with E-state index in [1.165, 1.54) is 16.5 Å². The molecular weight excluding hydrogens is 248 g/mol. The summed E-state index contributed by atoms with van der Waals surface area (Å²) in [5, 5.41) is 1.18. The minimum absolute atomic E-state index is 0.696. The highest BCUT2D eigenvalue weighted by molar-refractivity contribution is 5.86. The molecule has 0 amide bonds. The van der Waals surface area contributed by atoms with Crippen molar-refractivity contribution in [2.24, 2.45) is 0 Å². The fourth-order valence-corrected chi connectivity index (χ4v) is 2.47. The van der Waals surface area contributed by atoms with E-state index < -0.39 is 0 Å². The summed E-state index contributed by atoms with van der Waals surface area (Å²) in [4.78, 5) is 4.05. The first-order chi connectivity index (χ1) is 9.88. The molecule has 0 bridgehead atoms. The third-order valence-electron chi connectivity index (χ3n) is 3.46. The van der Waals surface area contributed by atoms with Crippen LogP contribution in [-0.4, -0.2) is 16.2 Å². The van der Waals surface area contributed by atoms with Gasteiger partial charge in [0.2, 0.25) is 0 Å². The van der Waals surface area contributed by atoms with Gasteiger partial charge in [0.25, 0.3) is 0 Å². The highest BCUT2D eigenvalue weighted by Gasteiger charge is 2.06. The number of hydrogen-bond donors (Lipinski definition) is 0. The fraction of sp³-hybridized carbons (Fsp3) is 0.235. The van der Waals surface area contributed by atoms with Crippen LogP contribution in [0.5, 0.6) is 5.75 Å². The molecule has 0 spiro atoms. The average molecular weight is 266 g/mol. The fourth-order valence-electron chi connectivity index (χ4n) is 2.47. The molecule has 2 heterocycles. The molecule has 0 saturated heterocycles. The van der Waals surface area contributed by atoms with Crippen molar-refractivity contribution in [1.29, 1.82) is 0 Å². The zero-order chi connectivity index (χ0) is 13.8. The minimum Gasteiger partial charge on any atom is -0.493 e. The van der Waals surface area contributed by atoms with Crippen LogP contribution in [0.1, 0.15) is 12.5 Å². The number of benzene rings is 1. The molecule has 3 aromatic rings. The van der Waals surface area contributed by atoms with E-state index >= 15 is 0 Å². The van der Waals surface area contributed by atoms with Gasteiger partial charge in [-0.05, 0) is 49.2 Å². The molecular formula is C17H18N2O. The van der Waals surface area contributed by atoms with Gasteiger partial charge < -0.3 is 9.30 Å². The van der Waals surface area contributed by atoms with Gasteiger partial charge in [-0.2, -0.15) is 0 Å².